The average Bonchev–Trinajstić information content (AvgIpc) is 3.16. The molecule has 178 valence electrons. The van der Waals surface area contributed by atoms with Crippen molar-refractivity contribution in [3.8, 4) is 0 Å². The number of hydrogen-bond donors (Lipinski definition) is 1. The number of aromatic amines is 1. The minimum Gasteiger partial charge on any atom is -0.466 e. The zero-order chi connectivity index (χ0) is 22.5. The number of rotatable bonds is 15. The summed E-state index contributed by atoms with van der Waals surface area (Å²) in [6.07, 6.45) is 12.7. The first kappa shape index (κ1) is 25.8. The van der Waals surface area contributed by atoms with Gasteiger partial charge in [0.05, 0.1) is 6.61 Å². The Bertz CT molecular complexity index is 607. The number of nitrogens with zero attached hydrogens (tertiary/aromatic N) is 2. The van der Waals surface area contributed by atoms with E-state index >= 15 is 0 Å². The van der Waals surface area contributed by atoms with Gasteiger partial charge >= 0.3 is 5.97 Å². The van der Waals surface area contributed by atoms with Gasteiger partial charge in [-0.15, -0.1) is 0 Å². The molecular weight excluding hydrogens is 390 g/mol. The number of ether oxygens (including phenoxy) is 2. The Kier molecular flexibility index (Phi) is 12.2. The van der Waals surface area contributed by atoms with E-state index in [1.165, 1.54) is 57.8 Å². The van der Waals surface area contributed by atoms with Gasteiger partial charge < -0.3 is 9.47 Å². The first-order valence-corrected chi connectivity index (χ1v) is 12.7. The smallest absolute Gasteiger partial charge is 0.313 e. The lowest BCUT2D eigenvalue weighted by atomic mass is 9.67. The molecule has 1 aliphatic rings. The van der Waals surface area contributed by atoms with Crippen LogP contribution < -0.4 is 0 Å². The summed E-state index contributed by atoms with van der Waals surface area (Å²) in [4.78, 5) is 16.2. The third-order valence-electron chi connectivity index (χ3n) is 6.80. The fraction of sp³-hybridized carbons (Fsp3) is 0.880. The molecule has 2 rings (SSSR count). The fourth-order valence-electron chi connectivity index (χ4n) is 5.10. The highest BCUT2D eigenvalue weighted by Crippen LogP contribution is 2.40. The maximum atomic E-state index is 11.6. The molecule has 1 N–H and O–H groups in total. The normalized spacial score (nSPS) is 23.7. The van der Waals surface area contributed by atoms with E-state index < -0.39 is 0 Å². The van der Waals surface area contributed by atoms with Crippen LogP contribution in [0.15, 0.2) is 0 Å². The van der Waals surface area contributed by atoms with E-state index in [1.54, 1.807) is 0 Å². The van der Waals surface area contributed by atoms with Crippen molar-refractivity contribution in [2.75, 3.05) is 19.8 Å². The van der Waals surface area contributed by atoms with Crippen LogP contribution >= 0.6 is 0 Å². The second-order valence-electron chi connectivity index (χ2n) is 9.51. The van der Waals surface area contributed by atoms with Crippen molar-refractivity contribution in [1.29, 1.82) is 0 Å². The lowest BCUT2D eigenvalue weighted by Gasteiger charge is -2.39. The van der Waals surface area contributed by atoms with Crippen LogP contribution in [0, 0.1) is 23.7 Å². The maximum Gasteiger partial charge on any atom is 0.313 e. The molecule has 1 fully saturated rings. The predicted molar refractivity (Wildman–Crippen MR) is 124 cm³/mol. The molecule has 1 aliphatic carbocycles. The van der Waals surface area contributed by atoms with Gasteiger partial charge in [-0.2, -0.15) is 5.10 Å². The minimum atomic E-state index is -0.258. The number of H-pyrrole nitrogens is 1. The zero-order valence-corrected chi connectivity index (χ0v) is 20.3. The molecule has 0 spiro atoms. The van der Waals surface area contributed by atoms with Gasteiger partial charge in [0, 0.05) is 19.6 Å². The molecule has 0 aromatic carbocycles. The molecule has 0 bridgehead atoms. The third kappa shape index (κ3) is 9.71. The lowest BCUT2D eigenvalue weighted by Crippen LogP contribution is -2.32. The van der Waals surface area contributed by atoms with E-state index in [0.29, 0.717) is 30.2 Å². The Balaban J connectivity index is 1.65. The highest BCUT2D eigenvalue weighted by atomic mass is 16.5. The molecule has 0 radical (unpaired) electrons. The highest BCUT2D eigenvalue weighted by molar-refractivity contribution is 5.71. The number of carbonyl (C=O) groups excluding carboxylic acids is 1. The molecule has 31 heavy (non-hydrogen) atoms. The standard InChI is InChI=1S/C25H45N3O3/c1-5-7-8-9-10-11-13-30-14-12-21-15-19(3)22(20(4)16-21)17-23-26-24(28-27-23)18-25(29)31-6-2/h19-22H,5-18H2,1-4H3,(H,26,27,28). The van der Waals surface area contributed by atoms with Crippen molar-refractivity contribution in [1.82, 2.24) is 15.2 Å². The van der Waals surface area contributed by atoms with Crippen LogP contribution in [0.25, 0.3) is 0 Å². The van der Waals surface area contributed by atoms with Gasteiger partial charge in [-0.1, -0.05) is 52.9 Å². The van der Waals surface area contributed by atoms with E-state index in [4.69, 9.17) is 9.47 Å². The summed E-state index contributed by atoms with van der Waals surface area (Å²) in [5.41, 5.74) is 0. The SMILES string of the molecule is CCCCCCCCOCCC1CC(C)C(Cc2n[nH]c(CC(=O)OCC)n2)C(C)C1. The van der Waals surface area contributed by atoms with Crippen molar-refractivity contribution in [2.24, 2.45) is 23.7 Å². The van der Waals surface area contributed by atoms with Crippen LogP contribution in [-0.4, -0.2) is 41.0 Å². The van der Waals surface area contributed by atoms with E-state index in [9.17, 15) is 4.79 Å². The molecule has 1 saturated carbocycles. The lowest BCUT2D eigenvalue weighted by molar-refractivity contribution is -0.142. The number of esters is 1. The van der Waals surface area contributed by atoms with Crippen molar-refractivity contribution in [3.05, 3.63) is 11.6 Å². The van der Waals surface area contributed by atoms with Gasteiger partial charge in [-0.25, -0.2) is 4.98 Å². The summed E-state index contributed by atoms with van der Waals surface area (Å²) < 4.78 is 10.9. The quantitative estimate of drug-likeness (QED) is 0.290. The molecule has 6 nitrogen and oxygen atoms in total. The van der Waals surface area contributed by atoms with Gasteiger partial charge in [0.2, 0.25) is 0 Å². The summed E-state index contributed by atoms with van der Waals surface area (Å²) in [5.74, 6) is 3.82. The summed E-state index contributed by atoms with van der Waals surface area (Å²) in [6, 6.07) is 0. The van der Waals surface area contributed by atoms with Gasteiger partial charge in [-0.05, 0) is 56.3 Å². The van der Waals surface area contributed by atoms with E-state index in [0.717, 1.165) is 31.4 Å². The second-order valence-corrected chi connectivity index (χ2v) is 9.51. The largest absolute Gasteiger partial charge is 0.466 e. The van der Waals surface area contributed by atoms with Crippen LogP contribution in [-0.2, 0) is 27.1 Å². The van der Waals surface area contributed by atoms with Crippen molar-refractivity contribution in [3.63, 3.8) is 0 Å². The van der Waals surface area contributed by atoms with Crippen molar-refractivity contribution in [2.45, 2.75) is 98.3 Å². The summed E-state index contributed by atoms with van der Waals surface area (Å²) >= 11 is 0. The minimum absolute atomic E-state index is 0.164. The Morgan fingerprint density at radius 1 is 1.03 bits per heavy atom. The summed E-state index contributed by atoms with van der Waals surface area (Å²) in [6.45, 7) is 11.0. The van der Waals surface area contributed by atoms with Crippen LogP contribution in [0.5, 0.6) is 0 Å². The average molecular weight is 436 g/mol. The Hall–Kier alpha value is -1.43. The zero-order valence-electron chi connectivity index (χ0n) is 20.3. The predicted octanol–water partition coefficient (Wildman–Crippen LogP) is 5.52. The second kappa shape index (κ2) is 14.6. The number of aromatic nitrogens is 3. The molecule has 1 heterocycles. The molecule has 1 aromatic rings. The van der Waals surface area contributed by atoms with Crippen molar-refractivity contribution < 1.29 is 14.3 Å². The Morgan fingerprint density at radius 3 is 2.45 bits per heavy atom. The highest BCUT2D eigenvalue weighted by Gasteiger charge is 2.33. The van der Waals surface area contributed by atoms with E-state index in [-0.39, 0.29) is 12.4 Å². The van der Waals surface area contributed by atoms with E-state index in [1.807, 2.05) is 6.92 Å². The van der Waals surface area contributed by atoms with Crippen LogP contribution in [0.2, 0.25) is 0 Å². The topological polar surface area (TPSA) is 77.1 Å². The number of carbonyl (C=O) groups is 1. The fourth-order valence-corrected chi connectivity index (χ4v) is 5.10. The molecule has 0 amide bonds. The third-order valence-corrected chi connectivity index (χ3v) is 6.80. The van der Waals surface area contributed by atoms with Gasteiger partial charge in [0.25, 0.3) is 0 Å². The maximum absolute atomic E-state index is 11.6. The molecule has 2 atom stereocenters. The first-order valence-electron chi connectivity index (χ1n) is 12.7. The molecule has 2 unspecified atom stereocenters. The molecule has 0 aliphatic heterocycles. The van der Waals surface area contributed by atoms with Gasteiger partial charge in [0.15, 0.2) is 5.82 Å². The Morgan fingerprint density at radius 2 is 1.74 bits per heavy atom. The summed E-state index contributed by atoms with van der Waals surface area (Å²) in [7, 11) is 0. The Labute approximate surface area is 189 Å². The molecule has 0 saturated heterocycles. The number of nitrogens with one attached hydrogen (secondary N) is 1. The van der Waals surface area contributed by atoms with E-state index in [2.05, 4.69) is 36.0 Å². The first-order chi connectivity index (χ1) is 15.0. The van der Waals surface area contributed by atoms with Gasteiger partial charge in [-0.3, -0.25) is 9.89 Å². The monoisotopic (exact) mass is 435 g/mol. The summed E-state index contributed by atoms with van der Waals surface area (Å²) in [5, 5.41) is 7.25. The van der Waals surface area contributed by atoms with Gasteiger partial charge in [0.1, 0.15) is 12.2 Å². The molecule has 6 heteroatoms. The van der Waals surface area contributed by atoms with Crippen LogP contribution in [0.4, 0.5) is 0 Å². The molecule has 1 aromatic heterocycles. The number of hydrogen-bond acceptors (Lipinski definition) is 5. The van der Waals surface area contributed by atoms with Crippen molar-refractivity contribution >= 4 is 5.97 Å². The molecular formula is C25H45N3O3. The van der Waals surface area contributed by atoms with Crippen LogP contribution in [0.1, 0.15) is 97.1 Å². The van der Waals surface area contributed by atoms with Crippen LogP contribution in [0.3, 0.4) is 0 Å². The number of unbranched alkanes of at least 4 members (excludes halogenated alkanes) is 5.